The number of halogens is 1. The van der Waals surface area contributed by atoms with Gasteiger partial charge in [0.1, 0.15) is 11.5 Å². The number of amides is 1. The van der Waals surface area contributed by atoms with Crippen molar-refractivity contribution in [3.05, 3.63) is 47.8 Å². The van der Waals surface area contributed by atoms with Crippen LogP contribution in [-0.2, 0) is 12.3 Å². The number of nitrogens with one attached hydrogen (secondary N) is 1. The summed E-state index contributed by atoms with van der Waals surface area (Å²) >= 11 is 5.61. The first-order valence-corrected chi connectivity index (χ1v) is 6.20. The highest BCUT2D eigenvalue weighted by atomic mass is 35.5. The van der Waals surface area contributed by atoms with Crippen LogP contribution in [0.2, 0.25) is 0 Å². The van der Waals surface area contributed by atoms with E-state index in [0.717, 1.165) is 5.76 Å². The van der Waals surface area contributed by atoms with Crippen molar-refractivity contribution in [2.75, 3.05) is 0 Å². The number of carbonyl (C=O) groups excluding carboxylic acids is 1. The monoisotopic (exact) mass is 267 g/mol. The molecule has 0 radical (unpaired) electrons. The van der Waals surface area contributed by atoms with Gasteiger partial charge in [0, 0.05) is 12.5 Å². The largest absolute Gasteiger partial charge is 0.469 e. The van der Waals surface area contributed by atoms with Crippen molar-refractivity contribution in [3.63, 3.8) is 0 Å². The molecule has 0 saturated heterocycles. The van der Waals surface area contributed by atoms with E-state index in [9.17, 15) is 4.79 Å². The molecule has 1 N–H and O–H groups in total. The van der Waals surface area contributed by atoms with Crippen LogP contribution in [0, 0.1) is 0 Å². The Kier molecular flexibility index (Phi) is 4.10. The van der Waals surface area contributed by atoms with Gasteiger partial charge in [0.25, 0.3) is 5.91 Å². The van der Waals surface area contributed by atoms with E-state index in [2.05, 4.69) is 5.32 Å². The molecule has 0 fully saturated rings. The van der Waals surface area contributed by atoms with Gasteiger partial charge in [0.2, 0.25) is 0 Å². The Morgan fingerprint density at radius 1 is 1.39 bits per heavy atom. The highest BCUT2D eigenvalue weighted by molar-refractivity contribution is 6.16. The SMILES string of the molecule is CC(Cc1ccco1)NC(=O)c1ccc(CCl)o1. The summed E-state index contributed by atoms with van der Waals surface area (Å²) < 4.78 is 10.5. The van der Waals surface area contributed by atoms with Crippen molar-refractivity contribution in [2.24, 2.45) is 0 Å². The standard InChI is InChI=1S/C13H14ClNO3/c1-9(7-10-3-2-6-17-10)15-13(16)12-5-4-11(8-14)18-12/h2-6,9H,7-8H2,1H3,(H,15,16). The van der Waals surface area contributed by atoms with Crippen molar-refractivity contribution in [2.45, 2.75) is 25.3 Å². The van der Waals surface area contributed by atoms with Crippen molar-refractivity contribution >= 4 is 17.5 Å². The second-order valence-electron chi connectivity index (χ2n) is 4.06. The molecule has 0 aromatic carbocycles. The fraction of sp³-hybridized carbons (Fsp3) is 0.308. The van der Waals surface area contributed by atoms with Gasteiger partial charge < -0.3 is 14.2 Å². The van der Waals surface area contributed by atoms with Crippen molar-refractivity contribution in [1.29, 1.82) is 0 Å². The van der Waals surface area contributed by atoms with Gasteiger partial charge in [0.05, 0.1) is 12.1 Å². The number of carbonyl (C=O) groups is 1. The van der Waals surface area contributed by atoms with Crippen molar-refractivity contribution in [1.82, 2.24) is 5.32 Å². The lowest BCUT2D eigenvalue weighted by Gasteiger charge is -2.11. The third-order valence-corrected chi connectivity index (χ3v) is 2.75. The third-order valence-electron chi connectivity index (χ3n) is 2.48. The van der Waals surface area contributed by atoms with Crippen LogP contribution in [-0.4, -0.2) is 11.9 Å². The molecule has 0 bridgehead atoms. The topological polar surface area (TPSA) is 55.4 Å². The predicted octanol–water partition coefficient (Wildman–Crippen LogP) is 2.97. The Bertz CT molecular complexity index is 504. The van der Waals surface area contributed by atoms with Gasteiger partial charge in [-0.2, -0.15) is 0 Å². The Morgan fingerprint density at radius 2 is 2.22 bits per heavy atom. The summed E-state index contributed by atoms with van der Waals surface area (Å²) in [4.78, 5) is 11.8. The zero-order valence-corrected chi connectivity index (χ0v) is 10.7. The zero-order valence-electron chi connectivity index (χ0n) is 9.98. The average Bonchev–Trinajstić information content (AvgIpc) is 2.98. The lowest BCUT2D eigenvalue weighted by Crippen LogP contribution is -2.33. The Balaban J connectivity index is 1.90. The van der Waals surface area contributed by atoms with Crippen LogP contribution in [0.3, 0.4) is 0 Å². The molecule has 96 valence electrons. The minimum absolute atomic E-state index is 0.0341. The van der Waals surface area contributed by atoms with E-state index in [1.54, 1.807) is 18.4 Å². The molecular weight excluding hydrogens is 254 g/mol. The van der Waals surface area contributed by atoms with E-state index in [4.69, 9.17) is 20.4 Å². The normalized spacial score (nSPS) is 12.3. The molecule has 4 nitrogen and oxygen atoms in total. The third kappa shape index (κ3) is 3.17. The fourth-order valence-electron chi connectivity index (χ4n) is 1.65. The molecule has 2 rings (SSSR count). The van der Waals surface area contributed by atoms with Gasteiger partial charge in [-0.3, -0.25) is 4.79 Å². The second kappa shape index (κ2) is 5.78. The zero-order chi connectivity index (χ0) is 13.0. The highest BCUT2D eigenvalue weighted by Crippen LogP contribution is 2.11. The fourth-order valence-corrected chi connectivity index (χ4v) is 1.79. The van der Waals surface area contributed by atoms with Gasteiger partial charge in [-0.15, -0.1) is 11.6 Å². The summed E-state index contributed by atoms with van der Waals surface area (Å²) in [7, 11) is 0. The molecule has 0 spiro atoms. The first kappa shape index (κ1) is 12.8. The molecular formula is C13H14ClNO3. The molecule has 2 aromatic heterocycles. The van der Waals surface area contributed by atoms with Gasteiger partial charge >= 0.3 is 0 Å². The van der Waals surface area contributed by atoms with Crippen LogP contribution < -0.4 is 5.32 Å². The summed E-state index contributed by atoms with van der Waals surface area (Å²) in [5.41, 5.74) is 0. The predicted molar refractivity (Wildman–Crippen MR) is 67.6 cm³/mol. The number of hydrogen-bond acceptors (Lipinski definition) is 3. The number of rotatable bonds is 5. The smallest absolute Gasteiger partial charge is 0.287 e. The Morgan fingerprint density at radius 3 is 2.83 bits per heavy atom. The van der Waals surface area contributed by atoms with E-state index in [-0.39, 0.29) is 23.6 Å². The minimum Gasteiger partial charge on any atom is -0.469 e. The first-order chi connectivity index (χ1) is 8.69. The van der Waals surface area contributed by atoms with Gasteiger partial charge in [-0.25, -0.2) is 0 Å². The lowest BCUT2D eigenvalue weighted by molar-refractivity contribution is 0.0910. The molecule has 2 aromatic rings. The summed E-state index contributed by atoms with van der Waals surface area (Å²) in [5.74, 6) is 1.71. The van der Waals surface area contributed by atoms with Crippen LogP contribution in [0.5, 0.6) is 0 Å². The van der Waals surface area contributed by atoms with E-state index in [0.29, 0.717) is 12.2 Å². The van der Waals surface area contributed by atoms with Crippen LogP contribution >= 0.6 is 11.6 Å². The van der Waals surface area contributed by atoms with Crippen LogP contribution in [0.25, 0.3) is 0 Å². The molecule has 1 amide bonds. The molecule has 0 aliphatic carbocycles. The minimum atomic E-state index is -0.245. The molecule has 1 unspecified atom stereocenters. The number of alkyl halides is 1. The Hall–Kier alpha value is -1.68. The van der Waals surface area contributed by atoms with Crippen LogP contribution in [0.1, 0.15) is 29.0 Å². The maximum atomic E-state index is 11.8. The second-order valence-corrected chi connectivity index (χ2v) is 4.32. The summed E-state index contributed by atoms with van der Waals surface area (Å²) in [6.45, 7) is 1.91. The quantitative estimate of drug-likeness (QED) is 0.848. The molecule has 1 atom stereocenters. The molecule has 5 heteroatoms. The van der Waals surface area contributed by atoms with Crippen LogP contribution in [0.15, 0.2) is 39.4 Å². The molecule has 0 aliphatic heterocycles. The molecule has 18 heavy (non-hydrogen) atoms. The maximum absolute atomic E-state index is 11.8. The molecule has 2 heterocycles. The van der Waals surface area contributed by atoms with Crippen molar-refractivity contribution < 1.29 is 13.6 Å². The van der Waals surface area contributed by atoms with Crippen molar-refractivity contribution in [3.8, 4) is 0 Å². The van der Waals surface area contributed by atoms with E-state index in [1.165, 1.54) is 0 Å². The first-order valence-electron chi connectivity index (χ1n) is 5.67. The Labute approximate surface area is 110 Å². The molecule has 0 saturated carbocycles. The summed E-state index contributed by atoms with van der Waals surface area (Å²) in [5, 5.41) is 2.84. The van der Waals surface area contributed by atoms with E-state index < -0.39 is 0 Å². The van der Waals surface area contributed by atoms with E-state index in [1.807, 2.05) is 19.1 Å². The van der Waals surface area contributed by atoms with Gasteiger partial charge in [0.15, 0.2) is 5.76 Å². The summed E-state index contributed by atoms with van der Waals surface area (Å²) in [6.07, 6.45) is 2.25. The van der Waals surface area contributed by atoms with Gasteiger partial charge in [-0.05, 0) is 31.2 Å². The van der Waals surface area contributed by atoms with Gasteiger partial charge in [-0.1, -0.05) is 0 Å². The maximum Gasteiger partial charge on any atom is 0.287 e. The lowest BCUT2D eigenvalue weighted by atomic mass is 10.2. The van der Waals surface area contributed by atoms with Crippen LogP contribution in [0.4, 0.5) is 0 Å². The average molecular weight is 268 g/mol. The van der Waals surface area contributed by atoms with E-state index >= 15 is 0 Å². The summed E-state index contributed by atoms with van der Waals surface area (Å²) in [6, 6.07) is 6.98. The number of hydrogen-bond donors (Lipinski definition) is 1. The number of furan rings is 2. The highest BCUT2D eigenvalue weighted by Gasteiger charge is 2.14. The molecule has 0 aliphatic rings.